The molecule has 0 radical (unpaired) electrons. The maximum atomic E-state index is 5.16. The smallest absolute Gasteiger partial charge is 0.195 e. The van der Waals surface area contributed by atoms with Crippen LogP contribution in [0.1, 0.15) is 0 Å². The minimum absolute atomic E-state index is 0.965. The van der Waals surface area contributed by atoms with Gasteiger partial charge in [0.1, 0.15) is 5.01 Å². The summed E-state index contributed by atoms with van der Waals surface area (Å²) in [5.74, 6) is 0. The first-order chi connectivity index (χ1) is 24.8. The molecule has 0 atom stereocenters. The molecule has 0 saturated carbocycles. The molecule has 0 spiro atoms. The summed E-state index contributed by atoms with van der Waals surface area (Å²) in [5, 5.41) is 4.43. The summed E-state index contributed by atoms with van der Waals surface area (Å²) in [6.07, 6.45) is 0. The fourth-order valence-electron chi connectivity index (χ4n) is 6.91. The van der Waals surface area contributed by atoms with Gasteiger partial charge in [-0.1, -0.05) is 102 Å². The van der Waals surface area contributed by atoms with Gasteiger partial charge in [-0.15, -0.1) is 11.3 Å². The van der Waals surface area contributed by atoms with Gasteiger partial charge in [0.25, 0.3) is 0 Å². The molecule has 0 aliphatic carbocycles. The number of rotatable bonds is 6. The molecule has 0 aliphatic heterocycles. The van der Waals surface area contributed by atoms with Crippen molar-refractivity contribution in [2.45, 2.75) is 0 Å². The fourth-order valence-corrected chi connectivity index (χ4v) is 8.94. The molecule has 10 aromatic rings. The van der Waals surface area contributed by atoms with Gasteiger partial charge in [0.15, 0.2) is 5.13 Å². The third-order valence-electron chi connectivity index (χ3n) is 9.25. The number of benzene rings is 7. The lowest BCUT2D eigenvalue weighted by atomic mass is 10.0. The fraction of sp³-hybridized carbons (Fsp3) is 0. The van der Waals surface area contributed by atoms with E-state index >= 15 is 0 Å². The average Bonchev–Trinajstić information content (AvgIpc) is 3.89. The van der Waals surface area contributed by atoms with Crippen molar-refractivity contribution in [3.8, 4) is 26.8 Å². The molecule has 0 N–H and O–H groups in total. The van der Waals surface area contributed by atoms with E-state index < -0.39 is 0 Å². The van der Waals surface area contributed by atoms with Gasteiger partial charge in [-0.2, -0.15) is 0 Å². The quantitative estimate of drug-likeness (QED) is 0.176. The Bertz CT molecular complexity index is 2780. The van der Waals surface area contributed by atoms with Gasteiger partial charge in [-0.3, -0.25) is 4.57 Å². The molecule has 0 bridgehead atoms. The van der Waals surface area contributed by atoms with Crippen LogP contribution < -0.4 is 4.90 Å². The van der Waals surface area contributed by atoms with Crippen molar-refractivity contribution >= 4 is 82.0 Å². The van der Waals surface area contributed by atoms with E-state index in [9.17, 15) is 0 Å². The third-order valence-corrected chi connectivity index (χ3v) is 11.3. The molecule has 6 heteroatoms. The Kier molecular flexibility index (Phi) is 6.82. The topological polar surface area (TPSA) is 34.0 Å². The first kappa shape index (κ1) is 28.9. The summed E-state index contributed by atoms with van der Waals surface area (Å²) >= 11 is 3.45. The van der Waals surface area contributed by atoms with Crippen LogP contribution in [0, 0.1) is 0 Å². The van der Waals surface area contributed by atoms with Crippen LogP contribution in [-0.2, 0) is 0 Å². The van der Waals surface area contributed by atoms with Crippen molar-refractivity contribution in [2.24, 2.45) is 0 Å². The highest BCUT2D eigenvalue weighted by atomic mass is 32.1. The number of hydrogen-bond donors (Lipinski definition) is 0. The van der Waals surface area contributed by atoms with E-state index in [0.29, 0.717) is 0 Å². The van der Waals surface area contributed by atoms with E-state index in [1.807, 2.05) is 0 Å². The molecule has 7 aromatic carbocycles. The maximum Gasteiger partial charge on any atom is 0.195 e. The molecule has 0 unspecified atom stereocenters. The van der Waals surface area contributed by atoms with Gasteiger partial charge in [0.2, 0.25) is 0 Å². The van der Waals surface area contributed by atoms with E-state index in [1.54, 1.807) is 22.7 Å². The van der Waals surface area contributed by atoms with Gasteiger partial charge >= 0.3 is 0 Å². The molecule has 0 aliphatic rings. The van der Waals surface area contributed by atoms with Crippen LogP contribution in [0.4, 0.5) is 17.1 Å². The third kappa shape index (κ3) is 4.88. The summed E-state index contributed by atoms with van der Waals surface area (Å²) in [6, 6.07) is 60.1. The molecule has 0 amide bonds. The van der Waals surface area contributed by atoms with Crippen LogP contribution in [0.25, 0.3) is 69.1 Å². The van der Waals surface area contributed by atoms with Gasteiger partial charge < -0.3 is 4.90 Å². The van der Waals surface area contributed by atoms with Crippen LogP contribution >= 0.6 is 22.7 Å². The van der Waals surface area contributed by atoms with Crippen LogP contribution in [0.2, 0.25) is 0 Å². The normalized spacial score (nSPS) is 11.6. The molecule has 236 valence electrons. The Hall–Kier alpha value is -6.08. The highest BCUT2D eigenvalue weighted by molar-refractivity contribution is 7.22. The summed E-state index contributed by atoms with van der Waals surface area (Å²) in [4.78, 5) is 12.5. The zero-order valence-electron chi connectivity index (χ0n) is 26.8. The zero-order chi connectivity index (χ0) is 33.0. The van der Waals surface area contributed by atoms with E-state index in [1.165, 1.54) is 21.9 Å². The number of fused-ring (bicyclic) bond motifs is 5. The van der Waals surface area contributed by atoms with Gasteiger partial charge in [-0.05, 0) is 90.0 Å². The molecule has 3 aromatic heterocycles. The average molecular weight is 677 g/mol. The van der Waals surface area contributed by atoms with Crippen molar-refractivity contribution in [2.75, 3.05) is 4.90 Å². The van der Waals surface area contributed by atoms with Gasteiger partial charge in [-0.25, -0.2) is 9.97 Å². The number of hydrogen-bond acceptors (Lipinski definition) is 5. The predicted molar refractivity (Wildman–Crippen MR) is 213 cm³/mol. The highest BCUT2D eigenvalue weighted by Crippen LogP contribution is 2.41. The number of aromatic nitrogens is 3. The van der Waals surface area contributed by atoms with Crippen LogP contribution in [0.5, 0.6) is 0 Å². The van der Waals surface area contributed by atoms with Crippen LogP contribution in [0.3, 0.4) is 0 Å². The molecule has 4 nitrogen and oxygen atoms in total. The second-order valence-electron chi connectivity index (χ2n) is 12.3. The van der Waals surface area contributed by atoms with Gasteiger partial charge in [0.05, 0.1) is 31.5 Å². The standard InChI is InChI=1S/C44H28N4S2/c1-4-12-29(13-5-1)30-21-25-40-36(26-30)35-18-10-11-19-39(35)48(40)44-46-38-23-20-31(27-41(38)50-44)43-45-37-24-22-34(28-42(37)49-43)47(32-14-6-2-7-15-32)33-16-8-3-9-17-33/h1-28H. The lowest BCUT2D eigenvalue weighted by Gasteiger charge is -2.25. The van der Waals surface area contributed by atoms with Crippen LogP contribution in [-0.4, -0.2) is 14.5 Å². The first-order valence-electron chi connectivity index (χ1n) is 16.6. The number of para-hydroxylation sites is 3. The number of anilines is 3. The molecule has 0 saturated heterocycles. The predicted octanol–water partition coefficient (Wildman–Crippen LogP) is 12.8. The largest absolute Gasteiger partial charge is 0.310 e. The van der Waals surface area contributed by atoms with Crippen molar-refractivity contribution < 1.29 is 0 Å². The Balaban J connectivity index is 1.04. The molecule has 50 heavy (non-hydrogen) atoms. The van der Waals surface area contributed by atoms with Gasteiger partial charge in [0, 0.05) is 33.4 Å². The summed E-state index contributed by atoms with van der Waals surface area (Å²) in [6.45, 7) is 0. The van der Waals surface area contributed by atoms with E-state index in [0.717, 1.165) is 64.2 Å². The highest BCUT2D eigenvalue weighted by Gasteiger charge is 2.18. The summed E-state index contributed by atoms with van der Waals surface area (Å²) in [7, 11) is 0. The van der Waals surface area contributed by atoms with Crippen molar-refractivity contribution in [1.29, 1.82) is 0 Å². The zero-order valence-corrected chi connectivity index (χ0v) is 28.4. The van der Waals surface area contributed by atoms with E-state index in [4.69, 9.17) is 9.97 Å². The van der Waals surface area contributed by atoms with Crippen LogP contribution in [0.15, 0.2) is 170 Å². The second-order valence-corrected chi connectivity index (χ2v) is 14.3. The van der Waals surface area contributed by atoms with Crippen molar-refractivity contribution in [3.63, 3.8) is 0 Å². The summed E-state index contributed by atoms with van der Waals surface area (Å²) < 4.78 is 4.61. The summed E-state index contributed by atoms with van der Waals surface area (Å²) in [5.41, 5.74) is 11.2. The lowest BCUT2D eigenvalue weighted by Crippen LogP contribution is -2.09. The lowest BCUT2D eigenvalue weighted by molar-refractivity contribution is 1.15. The Morgan fingerprint density at radius 2 is 1.04 bits per heavy atom. The first-order valence-corrected chi connectivity index (χ1v) is 18.2. The Morgan fingerprint density at radius 3 is 1.82 bits per heavy atom. The van der Waals surface area contributed by atoms with Crippen molar-refractivity contribution in [1.82, 2.24) is 14.5 Å². The van der Waals surface area contributed by atoms with E-state index in [2.05, 4.69) is 179 Å². The molecule has 0 fully saturated rings. The van der Waals surface area contributed by atoms with E-state index in [-0.39, 0.29) is 0 Å². The Labute approximate surface area is 296 Å². The maximum absolute atomic E-state index is 5.16. The molecular weight excluding hydrogens is 649 g/mol. The minimum atomic E-state index is 0.965. The molecular formula is C44H28N4S2. The molecule has 3 heterocycles. The second kappa shape index (κ2) is 11.8. The SMILES string of the molecule is c1ccc(-c2ccc3c(c2)c2ccccc2n3-c2nc3ccc(-c4nc5ccc(N(c6ccccc6)c6ccccc6)cc5s4)cc3s2)cc1. The monoisotopic (exact) mass is 676 g/mol. The number of nitrogens with zero attached hydrogens (tertiary/aromatic N) is 4. The van der Waals surface area contributed by atoms with Crippen molar-refractivity contribution in [3.05, 3.63) is 170 Å². The Morgan fingerprint density at radius 1 is 0.420 bits per heavy atom. The number of thiazole rings is 2. The molecule has 10 rings (SSSR count). The minimum Gasteiger partial charge on any atom is -0.310 e.